The molecule has 0 aliphatic rings. The van der Waals surface area contributed by atoms with E-state index in [1.54, 1.807) is 36.5 Å². The van der Waals surface area contributed by atoms with Crippen LogP contribution in [-0.4, -0.2) is 21.5 Å². The fourth-order valence-electron chi connectivity index (χ4n) is 2.63. The van der Waals surface area contributed by atoms with E-state index in [0.29, 0.717) is 11.3 Å². The molecule has 0 aliphatic carbocycles. The van der Waals surface area contributed by atoms with Gasteiger partial charge in [0.05, 0.1) is 6.26 Å². The molecule has 0 atom stereocenters. The molecule has 0 unspecified atom stereocenters. The van der Waals surface area contributed by atoms with Crippen molar-refractivity contribution in [2.24, 2.45) is 4.99 Å². The molecule has 0 saturated carbocycles. The van der Waals surface area contributed by atoms with Gasteiger partial charge in [-0.3, -0.25) is 9.79 Å². The Kier molecular flexibility index (Phi) is 8.75. The molecule has 0 radical (unpaired) electrons. The van der Waals surface area contributed by atoms with Gasteiger partial charge in [0.15, 0.2) is 0 Å². The number of para-hydroxylation sites is 2. The van der Waals surface area contributed by atoms with Crippen LogP contribution in [0.2, 0.25) is 0 Å². The average molecular weight is 456 g/mol. The van der Waals surface area contributed by atoms with Crippen LogP contribution in [0.15, 0.2) is 87.2 Å². The molecule has 4 rings (SSSR count). The van der Waals surface area contributed by atoms with Crippen LogP contribution in [0.5, 0.6) is 17.2 Å². The van der Waals surface area contributed by atoms with E-state index in [0.717, 1.165) is 28.1 Å². The molecule has 0 fully saturated rings. The molecule has 31 heavy (non-hydrogen) atoms. The third-order valence-corrected chi connectivity index (χ3v) is 4.19. The molecule has 157 valence electrons. The van der Waals surface area contributed by atoms with Gasteiger partial charge in [0.1, 0.15) is 22.9 Å². The van der Waals surface area contributed by atoms with Crippen molar-refractivity contribution < 1.29 is 40.8 Å². The topological polar surface area (TPSA) is 120 Å². The first-order valence-electron chi connectivity index (χ1n) is 8.96. The summed E-state index contributed by atoms with van der Waals surface area (Å²) in [5, 5.41) is 30.5. The number of benzene rings is 3. The minimum atomic E-state index is -0.404. The van der Waals surface area contributed by atoms with Gasteiger partial charge in [-0.1, -0.05) is 42.5 Å². The molecule has 0 spiro atoms. The fraction of sp³-hybridized carbons (Fsp3) is 0.0435. The van der Waals surface area contributed by atoms with Gasteiger partial charge in [-0.25, -0.2) is 0 Å². The monoisotopic (exact) mass is 456 g/mol. The van der Waals surface area contributed by atoms with Crippen molar-refractivity contribution in [3.05, 3.63) is 94.5 Å². The zero-order chi connectivity index (χ0) is 22.8. The SMILES string of the molecule is Cc1occc(=O)c1O.Oc1ccccc1N=Cc1c(O)ccc2ccccc12.[O]=[V]. The Morgan fingerprint density at radius 1 is 0.871 bits per heavy atom. The van der Waals surface area contributed by atoms with E-state index >= 15 is 0 Å². The number of hydrogen-bond acceptors (Lipinski definition) is 7. The van der Waals surface area contributed by atoms with Crippen molar-refractivity contribution >= 4 is 22.7 Å². The second-order valence-corrected chi connectivity index (χ2v) is 6.16. The summed E-state index contributed by atoms with van der Waals surface area (Å²) in [5.74, 6) is 0.228. The standard InChI is InChI=1S/C17H13NO2.C6H6O3.O.V/c19-16-10-9-12-5-1-2-6-13(12)14(16)11-18-15-7-3-4-8-17(15)20;1-4-6(8)5(7)2-3-9-4;;/h1-11,19-20H;2-3,8H,1H3;;. The number of hydrogen-bond donors (Lipinski definition) is 3. The number of phenols is 2. The van der Waals surface area contributed by atoms with Crippen LogP contribution in [0.1, 0.15) is 11.3 Å². The molecule has 1 aromatic heterocycles. The molecule has 0 amide bonds. The van der Waals surface area contributed by atoms with Crippen LogP contribution < -0.4 is 5.43 Å². The van der Waals surface area contributed by atoms with Crippen molar-refractivity contribution in [3.63, 3.8) is 0 Å². The predicted molar refractivity (Wildman–Crippen MR) is 113 cm³/mol. The molecule has 0 aliphatic heterocycles. The van der Waals surface area contributed by atoms with Crippen LogP contribution in [-0.2, 0) is 21.0 Å². The number of aliphatic imine (C=N–C) groups is 1. The van der Waals surface area contributed by atoms with Gasteiger partial charge in [-0.15, -0.1) is 0 Å². The molecule has 8 heteroatoms. The van der Waals surface area contributed by atoms with Crippen molar-refractivity contribution in [1.29, 1.82) is 0 Å². The Hall–Kier alpha value is -3.68. The summed E-state index contributed by atoms with van der Waals surface area (Å²) >= 11 is 1.06. The number of nitrogens with zero attached hydrogens (tertiary/aromatic N) is 1. The Balaban J connectivity index is 0.000000261. The summed E-state index contributed by atoms with van der Waals surface area (Å²) in [5.41, 5.74) is 0.713. The number of fused-ring (bicyclic) bond motifs is 1. The summed E-state index contributed by atoms with van der Waals surface area (Å²) in [4.78, 5) is 14.8. The van der Waals surface area contributed by atoms with Gasteiger partial charge >= 0.3 is 21.0 Å². The predicted octanol–water partition coefficient (Wildman–Crippen LogP) is 4.53. The Morgan fingerprint density at radius 3 is 2.23 bits per heavy atom. The molecule has 1 heterocycles. The Labute approximate surface area is 187 Å². The van der Waals surface area contributed by atoms with E-state index in [1.807, 2.05) is 30.3 Å². The van der Waals surface area contributed by atoms with E-state index in [-0.39, 0.29) is 23.0 Å². The zero-order valence-corrected chi connectivity index (χ0v) is 17.9. The second-order valence-electron chi connectivity index (χ2n) is 6.16. The van der Waals surface area contributed by atoms with E-state index < -0.39 is 5.43 Å². The average Bonchev–Trinajstić information content (AvgIpc) is 2.79. The quantitative estimate of drug-likeness (QED) is 0.381. The number of rotatable bonds is 2. The van der Waals surface area contributed by atoms with Crippen molar-refractivity contribution in [2.75, 3.05) is 0 Å². The molecule has 0 bridgehead atoms. The molecule has 4 aromatic rings. The molecular formula is C23H19NO6V. The molecule has 3 aromatic carbocycles. The second kappa shape index (κ2) is 11.5. The normalized spacial score (nSPS) is 10.1. The molecule has 0 saturated heterocycles. The summed E-state index contributed by atoms with van der Waals surface area (Å²) in [7, 11) is 0. The van der Waals surface area contributed by atoms with Crippen LogP contribution >= 0.6 is 0 Å². The zero-order valence-electron chi connectivity index (χ0n) is 16.5. The number of aryl methyl sites for hydroxylation is 1. The van der Waals surface area contributed by atoms with Crippen LogP contribution in [0.3, 0.4) is 0 Å². The minimum absolute atomic E-state index is 0.114. The summed E-state index contributed by atoms with van der Waals surface area (Å²) in [6, 6.07) is 19.3. The van der Waals surface area contributed by atoms with E-state index in [2.05, 4.69) is 9.41 Å². The van der Waals surface area contributed by atoms with Gasteiger partial charge < -0.3 is 19.7 Å². The van der Waals surface area contributed by atoms with E-state index in [1.165, 1.54) is 19.3 Å². The summed E-state index contributed by atoms with van der Waals surface area (Å²) < 4.78 is 12.9. The molecular weight excluding hydrogens is 437 g/mol. The Bertz CT molecular complexity index is 1250. The first-order chi connectivity index (χ1) is 15.0. The van der Waals surface area contributed by atoms with Crippen LogP contribution in [0.4, 0.5) is 5.69 Å². The summed E-state index contributed by atoms with van der Waals surface area (Å²) in [6.45, 7) is 1.52. The van der Waals surface area contributed by atoms with Crippen molar-refractivity contribution in [2.45, 2.75) is 6.92 Å². The van der Waals surface area contributed by atoms with Crippen molar-refractivity contribution in [1.82, 2.24) is 0 Å². The third kappa shape index (κ3) is 6.15. The number of phenolic OH excluding ortho intramolecular Hbond substituents is 2. The number of aromatic hydroxyl groups is 3. The molecule has 7 nitrogen and oxygen atoms in total. The van der Waals surface area contributed by atoms with Crippen LogP contribution in [0, 0.1) is 6.92 Å². The first-order valence-corrected chi connectivity index (χ1v) is 9.53. The van der Waals surface area contributed by atoms with Gasteiger partial charge in [0.2, 0.25) is 11.2 Å². The van der Waals surface area contributed by atoms with Gasteiger partial charge in [-0.05, 0) is 35.9 Å². The Morgan fingerprint density at radius 2 is 1.55 bits per heavy atom. The summed E-state index contributed by atoms with van der Waals surface area (Å²) in [6.07, 6.45) is 2.82. The fourth-order valence-corrected chi connectivity index (χ4v) is 2.63. The van der Waals surface area contributed by atoms with E-state index in [9.17, 15) is 15.0 Å². The maximum atomic E-state index is 10.5. The van der Waals surface area contributed by atoms with Gasteiger partial charge in [-0.2, -0.15) is 0 Å². The van der Waals surface area contributed by atoms with Gasteiger partial charge in [0.25, 0.3) is 0 Å². The van der Waals surface area contributed by atoms with Gasteiger partial charge in [0, 0.05) is 17.8 Å². The first kappa shape index (κ1) is 23.6. The maximum absolute atomic E-state index is 10.5. The van der Waals surface area contributed by atoms with E-state index in [4.69, 9.17) is 8.78 Å². The van der Waals surface area contributed by atoms with Crippen molar-refractivity contribution in [3.8, 4) is 17.2 Å². The molecule has 3 N–H and O–H groups in total. The third-order valence-electron chi connectivity index (χ3n) is 4.19. The van der Waals surface area contributed by atoms with Crippen LogP contribution in [0.25, 0.3) is 10.8 Å².